The second-order valence-corrected chi connectivity index (χ2v) is 11.1. The number of hydrogen-bond donors (Lipinski definition) is 0. The molecule has 5 rings (SSSR count). The van der Waals surface area contributed by atoms with E-state index in [1.54, 1.807) is 72.8 Å². The molecule has 0 radical (unpaired) electrons. The van der Waals surface area contributed by atoms with Gasteiger partial charge in [0.05, 0.1) is 31.5 Å². The molecule has 44 heavy (non-hydrogen) atoms. The van der Waals surface area contributed by atoms with Crippen molar-refractivity contribution in [2.24, 2.45) is 9.98 Å². The molecule has 2 aliphatic carbocycles. The quantitative estimate of drug-likeness (QED) is 0.427. The number of nitrogens with zero attached hydrogens (tertiary/aromatic N) is 3. The largest absolute Gasteiger partial charge is 0.466 e. The number of aliphatic imine (C=N–C) groups is 2. The second-order valence-electron chi connectivity index (χ2n) is 11.1. The van der Waals surface area contributed by atoms with Crippen molar-refractivity contribution < 1.29 is 28.7 Å². The van der Waals surface area contributed by atoms with Gasteiger partial charge in [-0.1, -0.05) is 55.7 Å². The van der Waals surface area contributed by atoms with E-state index in [2.05, 4.69) is 4.99 Å². The Kier molecular flexibility index (Phi) is 8.85. The maximum absolute atomic E-state index is 14.7. The SMILES string of the molecule is COC(=O)C1=C(C(=O)OC)C2(C=C(C)C(C)=CC2=NC(=O)c2ccccc2)N(C(=O)c2ccccc2)C1=NC1CCCCC1. The average Bonchev–Trinajstić information content (AvgIpc) is 3.33. The third-order valence-electron chi connectivity index (χ3n) is 8.34. The van der Waals surface area contributed by atoms with E-state index >= 15 is 0 Å². The number of allylic oxidation sites excluding steroid dienone is 2. The number of carbonyl (C=O) groups is 4. The van der Waals surface area contributed by atoms with Crippen LogP contribution in [0.1, 0.15) is 66.7 Å². The van der Waals surface area contributed by atoms with E-state index < -0.39 is 29.3 Å². The summed E-state index contributed by atoms with van der Waals surface area (Å²) in [5.41, 5.74) is -0.0430. The molecule has 226 valence electrons. The van der Waals surface area contributed by atoms with Crippen molar-refractivity contribution >= 4 is 35.3 Å². The molecule has 0 aromatic heterocycles. The molecule has 1 fully saturated rings. The molecule has 1 heterocycles. The zero-order valence-corrected chi connectivity index (χ0v) is 25.3. The van der Waals surface area contributed by atoms with Crippen LogP contribution in [0.3, 0.4) is 0 Å². The van der Waals surface area contributed by atoms with Gasteiger partial charge >= 0.3 is 11.9 Å². The molecule has 2 amide bonds. The molecule has 2 aromatic carbocycles. The van der Waals surface area contributed by atoms with Gasteiger partial charge < -0.3 is 9.47 Å². The van der Waals surface area contributed by atoms with Gasteiger partial charge in [0.15, 0.2) is 0 Å². The molecule has 0 saturated heterocycles. The molecule has 1 aliphatic heterocycles. The van der Waals surface area contributed by atoms with E-state index in [-0.39, 0.29) is 28.7 Å². The van der Waals surface area contributed by atoms with Crippen molar-refractivity contribution in [1.29, 1.82) is 0 Å². The van der Waals surface area contributed by atoms with E-state index in [0.29, 0.717) is 16.7 Å². The van der Waals surface area contributed by atoms with Crippen molar-refractivity contribution in [1.82, 2.24) is 4.90 Å². The first-order chi connectivity index (χ1) is 21.2. The smallest absolute Gasteiger partial charge is 0.342 e. The Morgan fingerprint density at radius 3 is 1.98 bits per heavy atom. The summed E-state index contributed by atoms with van der Waals surface area (Å²) in [6, 6.07) is 16.8. The van der Waals surface area contributed by atoms with Gasteiger partial charge in [0, 0.05) is 11.1 Å². The van der Waals surface area contributed by atoms with E-state index in [1.807, 2.05) is 13.8 Å². The highest BCUT2D eigenvalue weighted by atomic mass is 16.5. The Morgan fingerprint density at radius 1 is 0.795 bits per heavy atom. The minimum absolute atomic E-state index is 0.00475. The summed E-state index contributed by atoms with van der Waals surface area (Å²) in [6.07, 6.45) is 7.83. The number of carbonyl (C=O) groups excluding carboxylic acids is 4. The summed E-state index contributed by atoms with van der Waals surface area (Å²) < 4.78 is 10.5. The van der Waals surface area contributed by atoms with Gasteiger partial charge in [-0.05, 0) is 74.3 Å². The topological polar surface area (TPSA) is 115 Å². The lowest BCUT2D eigenvalue weighted by molar-refractivity contribution is -0.139. The number of hydrogen-bond acceptors (Lipinski definition) is 7. The maximum Gasteiger partial charge on any atom is 0.342 e. The van der Waals surface area contributed by atoms with Crippen LogP contribution >= 0.6 is 0 Å². The number of amides is 2. The van der Waals surface area contributed by atoms with Gasteiger partial charge in [-0.3, -0.25) is 19.5 Å². The minimum Gasteiger partial charge on any atom is -0.466 e. The van der Waals surface area contributed by atoms with Crippen molar-refractivity contribution in [2.75, 3.05) is 14.2 Å². The fourth-order valence-corrected chi connectivity index (χ4v) is 6.00. The summed E-state index contributed by atoms with van der Waals surface area (Å²) in [6.45, 7) is 3.68. The van der Waals surface area contributed by atoms with Crippen LogP contribution in [0, 0.1) is 0 Å². The Morgan fingerprint density at radius 2 is 1.39 bits per heavy atom. The first kappa shape index (κ1) is 30.5. The van der Waals surface area contributed by atoms with Crippen LogP contribution in [0.2, 0.25) is 0 Å². The summed E-state index contributed by atoms with van der Waals surface area (Å²) in [5.74, 6) is -2.84. The molecule has 0 N–H and O–H groups in total. The van der Waals surface area contributed by atoms with Gasteiger partial charge in [0.1, 0.15) is 16.9 Å². The molecule has 9 heteroatoms. The molecule has 1 atom stereocenters. The van der Waals surface area contributed by atoms with Crippen molar-refractivity contribution in [3.05, 3.63) is 106 Å². The number of benzene rings is 2. The molecular formula is C35H35N3O6. The number of amidine groups is 1. The predicted molar refractivity (Wildman–Crippen MR) is 166 cm³/mol. The van der Waals surface area contributed by atoms with Gasteiger partial charge in [-0.15, -0.1) is 0 Å². The summed E-state index contributed by atoms with van der Waals surface area (Å²) in [5, 5.41) is 0. The lowest BCUT2D eigenvalue weighted by Gasteiger charge is -2.40. The van der Waals surface area contributed by atoms with Gasteiger partial charge in [-0.25, -0.2) is 14.6 Å². The van der Waals surface area contributed by atoms with Gasteiger partial charge in [0.25, 0.3) is 11.8 Å². The molecule has 3 aliphatic rings. The van der Waals surface area contributed by atoms with Crippen LogP contribution in [0.5, 0.6) is 0 Å². The highest BCUT2D eigenvalue weighted by molar-refractivity contribution is 6.36. The fraction of sp³-hybridized carbons (Fsp3) is 0.314. The number of rotatable bonds is 5. The minimum atomic E-state index is -1.84. The third-order valence-corrected chi connectivity index (χ3v) is 8.34. The Balaban J connectivity index is 1.89. The van der Waals surface area contributed by atoms with Crippen molar-refractivity contribution in [3.63, 3.8) is 0 Å². The highest BCUT2D eigenvalue weighted by Crippen LogP contribution is 2.45. The highest BCUT2D eigenvalue weighted by Gasteiger charge is 2.60. The van der Waals surface area contributed by atoms with Crippen LogP contribution in [-0.2, 0) is 19.1 Å². The maximum atomic E-state index is 14.7. The third kappa shape index (κ3) is 5.45. The zero-order valence-electron chi connectivity index (χ0n) is 25.3. The molecular weight excluding hydrogens is 558 g/mol. The fourth-order valence-electron chi connectivity index (χ4n) is 6.00. The first-order valence-electron chi connectivity index (χ1n) is 14.7. The lowest BCUT2D eigenvalue weighted by Crippen LogP contribution is -2.57. The van der Waals surface area contributed by atoms with E-state index in [1.165, 1.54) is 19.1 Å². The lowest BCUT2D eigenvalue weighted by atomic mass is 9.77. The Labute approximate surface area is 256 Å². The van der Waals surface area contributed by atoms with Gasteiger partial charge in [0.2, 0.25) is 0 Å². The molecule has 2 aromatic rings. The Hall–Kier alpha value is -4.92. The van der Waals surface area contributed by atoms with E-state index in [0.717, 1.165) is 37.7 Å². The summed E-state index contributed by atoms with van der Waals surface area (Å²) >= 11 is 0. The molecule has 1 spiro atoms. The zero-order chi connectivity index (χ0) is 31.4. The summed E-state index contributed by atoms with van der Waals surface area (Å²) in [4.78, 5) is 66.7. The summed E-state index contributed by atoms with van der Waals surface area (Å²) in [7, 11) is 2.40. The monoisotopic (exact) mass is 593 g/mol. The number of esters is 2. The second kappa shape index (κ2) is 12.8. The Bertz CT molecular complexity index is 1650. The number of methoxy groups -OCH3 is 2. The van der Waals surface area contributed by atoms with Crippen LogP contribution in [0.4, 0.5) is 0 Å². The van der Waals surface area contributed by atoms with Crippen LogP contribution in [0.25, 0.3) is 0 Å². The molecule has 0 bridgehead atoms. The van der Waals surface area contributed by atoms with Crippen LogP contribution in [0.15, 0.2) is 105 Å². The standard InChI is InChI=1S/C35H35N3O6/c1-22-20-27(37-31(39)24-14-8-5-9-15-24)35(21-23(22)2)29(34(42)44-4)28(33(41)43-3)30(36-26-18-12-7-13-19-26)38(35)32(40)25-16-10-6-11-17-25/h5-6,8-11,14-17,20-21,26H,7,12-13,18-19H2,1-4H3. The molecule has 1 unspecified atom stereocenters. The van der Waals surface area contributed by atoms with Crippen LogP contribution in [-0.4, -0.2) is 66.0 Å². The molecule has 9 nitrogen and oxygen atoms in total. The van der Waals surface area contributed by atoms with Crippen LogP contribution < -0.4 is 0 Å². The first-order valence-corrected chi connectivity index (χ1v) is 14.7. The van der Waals surface area contributed by atoms with Gasteiger partial charge in [-0.2, -0.15) is 0 Å². The number of ether oxygens (including phenoxy) is 2. The van der Waals surface area contributed by atoms with E-state index in [9.17, 15) is 19.2 Å². The van der Waals surface area contributed by atoms with Crippen molar-refractivity contribution in [2.45, 2.75) is 57.5 Å². The molecule has 1 saturated carbocycles. The average molecular weight is 594 g/mol. The van der Waals surface area contributed by atoms with Crippen molar-refractivity contribution in [3.8, 4) is 0 Å². The predicted octanol–water partition coefficient (Wildman–Crippen LogP) is 5.44. The van der Waals surface area contributed by atoms with E-state index in [4.69, 9.17) is 14.5 Å². The normalized spacial score (nSPS) is 22.2.